The van der Waals surface area contributed by atoms with Gasteiger partial charge in [-0.25, -0.2) is 9.97 Å². The fraction of sp³-hybridized carbons (Fsp3) is 0.222. The molecule has 0 spiro atoms. The van der Waals surface area contributed by atoms with E-state index in [2.05, 4.69) is 20.2 Å². The number of rotatable bonds is 2. The Kier molecular flexibility index (Phi) is 2.55. The van der Waals surface area contributed by atoms with Crippen LogP contribution in [0.1, 0.15) is 11.3 Å². The number of aromatic amines is 1. The van der Waals surface area contributed by atoms with E-state index in [0.29, 0.717) is 22.5 Å². The quantitative estimate of drug-likeness (QED) is 0.795. The van der Waals surface area contributed by atoms with E-state index in [9.17, 15) is 0 Å². The molecule has 15 heavy (non-hydrogen) atoms. The van der Waals surface area contributed by atoms with Gasteiger partial charge in [-0.05, 0) is 13.8 Å². The van der Waals surface area contributed by atoms with Crippen molar-refractivity contribution in [3.05, 3.63) is 28.8 Å². The Bertz CT molecular complexity index is 483. The number of ether oxygens (including phenoxy) is 1. The predicted molar refractivity (Wildman–Crippen MR) is 55.2 cm³/mol. The fourth-order valence-electron chi connectivity index (χ4n) is 1.06. The molecule has 0 unspecified atom stereocenters. The highest BCUT2D eigenvalue weighted by Crippen LogP contribution is 2.24. The molecule has 0 fully saturated rings. The summed E-state index contributed by atoms with van der Waals surface area (Å²) in [5, 5.41) is 7.08. The standard InChI is InChI=1S/C9H9ClN4O/c1-5-3-7(14-13-5)15-9-6(2)8(10)11-4-12-9/h3-4H,1-2H3,(H,13,14). The Hall–Kier alpha value is -1.62. The monoisotopic (exact) mass is 224 g/mol. The number of aromatic nitrogens is 4. The van der Waals surface area contributed by atoms with E-state index in [0.717, 1.165) is 5.69 Å². The van der Waals surface area contributed by atoms with Crippen molar-refractivity contribution < 1.29 is 4.74 Å². The van der Waals surface area contributed by atoms with Crippen LogP contribution in [0.15, 0.2) is 12.4 Å². The van der Waals surface area contributed by atoms with Gasteiger partial charge in [0.25, 0.3) is 0 Å². The van der Waals surface area contributed by atoms with Gasteiger partial charge in [0.15, 0.2) is 0 Å². The Morgan fingerprint density at radius 2 is 2.13 bits per heavy atom. The van der Waals surface area contributed by atoms with Gasteiger partial charge in [-0.3, -0.25) is 5.10 Å². The summed E-state index contributed by atoms with van der Waals surface area (Å²) in [5.74, 6) is 0.881. The van der Waals surface area contributed by atoms with Crippen molar-refractivity contribution in [1.29, 1.82) is 0 Å². The lowest BCUT2D eigenvalue weighted by Crippen LogP contribution is -1.93. The molecule has 0 saturated carbocycles. The van der Waals surface area contributed by atoms with E-state index < -0.39 is 0 Å². The normalized spacial score (nSPS) is 10.3. The minimum absolute atomic E-state index is 0.382. The lowest BCUT2D eigenvalue weighted by atomic mass is 10.4. The molecule has 0 aliphatic rings. The summed E-state index contributed by atoms with van der Waals surface area (Å²) >= 11 is 5.83. The van der Waals surface area contributed by atoms with Gasteiger partial charge in [-0.1, -0.05) is 11.6 Å². The van der Waals surface area contributed by atoms with E-state index >= 15 is 0 Å². The zero-order chi connectivity index (χ0) is 10.8. The van der Waals surface area contributed by atoms with Crippen LogP contribution in [0.3, 0.4) is 0 Å². The number of aryl methyl sites for hydroxylation is 1. The van der Waals surface area contributed by atoms with E-state index in [4.69, 9.17) is 16.3 Å². The average Bonchev–Trinajstić information content (AvgIpc) is 2.59. The number of nitrogens with zero attached hydrogens (tertiary/aromatic N) is 3. The summed E-state index contributed by atoms with van der Waals surface area (Å²) in [4.78, 5) is 7.80. The molecule has 0 aliphatic carbocycles. The molecule has 2 aromatic rings. The third-order valence-electron chi connectivity index (χ3n) is 1.86. The largest absolute Gasteiger partial charge is 0.419 e. The maximum Gasteiger partial charge on any atom is 0.240 e. The highest BCUT2D eigenvalue weighted by molar-refractivity contribution is 6.30. The number of hydrogen-bond donors (Lipinski definition) is 1. The van der Waals surface area contributed by atoms with Gasteiger partial charge >= 0.3 is 0 Å². The van der Waals surface area contributed by atoms with Crippen LogP contribution in [0.25, 0.3) is 0 Å². The highest BCUT2D eigenvalue weighted by Gasteiger charge is 2.08. The minimum atomic E-state index is 0.382. The maximum atomic E-state index is 5.83. The Labute approximate surface area is 91.5 Å². The van der Waals surface area contributed by atoms with Crippen LogP contribution in [0.2, 0.25) is 5.15 Å². The second-order valence-corrected chi connectivity index (χ2v) is 3.44. The molecule has 0 amide bonds. The first-order chi connectivity index (χ1) is 7.16. The van der Waals surface area contributed by atoms with Crippen molar-refractivity contribution in [1.82, 2.24) is 20.2 Å². The molecule has 2 aromatic heterocycles. The van der Waals surface area contributed by atoms with Crippen molar-refractivity contribution in [3.8, 4) is 11.8 Å². The second kappa shape index (κ2) is 3.86. The highest BCUT2D eigenvalue weighted by atomic mass is 35.5. The maximum absolute atomic E-state index is 5.83. The van der Waals surface area contributed by atoms with Crippen LogP contribution < -0.4 is 4.74 Å². The van der Waals surface area contributed by atoms with Gasteiger partial charge < -0.3 is 4.74 Å². The van der Waals surface area contributed by atoms with Gasteiger partial charge in [0.2, 0.25) is 11.8 Å². The van der Waals surface area contributed by atoms with Gasteiger partial charge in [-0.15, -0.1) is 5.10 Å². The topological polar surface area (TPSA) is 63.7 Å². The molecular formula is C9H9ClN4O. The Balaban J connectivity index is 2.28. The second-order valence-electron chi connectivity index (χ2n) is 3.09. The SMILES string of the molecule is Cc1cc(Oc2ncnc(Cl)c2C)n[nH]1. The molecule has 0 saturated heterocycles. The van der Waals surface area contributed by atoms with Gasteiger partial charge in [0, 0.05) is 17.3 Å². The van der Waals surface area contributed by atoms with Crippen molar-refractivity contribution in [2.24, 2.45) is 0 Å². The Morgan fingerprint density at radius 1 is 1.33 bits per heavy atom. The van der Waals surface area contributed by atoms with Crippen LogP contribution >= 0.6 is 11.6 Å². The summed E-state index contributed by atoms with van der Waals surface area (Å²) in [6, 6.07) is 1.77. The lowest BCUT2D eigenvalue weighted by Gasteiger charge is -2.04. The molecule has 0 radical (unpaired) electrons. The van der Waals surface area contributed by atoms with Crippen molar-refractivity contribution in [2.75, 3.05) is 0 Å². The first-order valence-electron chi connectivity index (χ1n) is 4.34. The summed E-state index contributed by atoms with van der Waals surface area (Å²) in [7, 11) is 0. The summed E-state index contributed by atoms with van der Waals surface area (Å²) in [6.45, 7) is 3.68. The first kappa shape index (κ1) is 9.92. The summed E-state index contributed by atoms with van der Waals surface area (Å²) in [6.07, 6.45) is 1.35. The van der Waals surface area contributed by atoms with Crippen molar-refractivity contribution in [2.45, 2.75) is 13.8 Å². The summed E-state index contributed by atoms with van der Waals surface area (Å²) < 4.78 is 5.43. The van der Waals surface area contributed by atoms with E-state index in [1.165, 1.54) is 6.33 Å². The van der Waals surface area contributed by atoms with Crippen LogP contribution in [0.4, 0.5) is 0 Å². The number of H-pyrrole nitrogens is 1. The van der Waals surface area contributed by atoms with Crippen LogP contribution in [-0.4, -0.2) is 20.2 Å². The molecule has 0 atom stereocenters. The third-order valence-corrected chi connectivity index (χ3v) is 2.24. The van der Waals surface area contributed by atoms with Crippen LogP contribution in [0, 0.1) is 13.8 Å². The van der Waals surface area contributed by atoms with Gasteiger partial charge in [0.05, 0.1) is 0 Å². The molecule has 2 rings (SSSR count). The van der Waals surface area contributed by atoms with Crippen LogP contribution in [-0.2, 0) is 0 Å². The van der Waals surface area contributed by atoms with Gasteiger partial charge in [-0.2, -0.15) is 0 Å². The molecule has 0 aliphatic heterocycles. The molecule has 1 N–H and O–H groups in total. The minimum Gasteiger partial charge on any atom is -0.419 e. The molecule has 2 heterocycles. The Morgan fingerprint density at radius 3 is 2.80 bits per heavy atom. The predicted octanol–water partition coefficient (Wildman–Crippen LogP) is 2.26. The van der Waals surface area contributed by atoms with E-state index in [1.54, 1.807) is 13.0 Å². The smallest absolute Gasteiger partial charge is 0.240 e. The fourth-order valence-corrected chi connectivity index (χ4v) is 1.19. The molecule has 5 nitrogen and oxygen atoms in total. The third kappa shape index (κ3) is 2.07. The van der Waals surface area contributed by atoms with E-state index in [1.807, 2.05) is 6.92 Å². The van der Waals surface area contributed by atoms with Crippen LogP contribution in [0.5, 0.6) is 11.8 Å². The van der Waals surface area contributed by atoms with Gasteiger partial charge in [0.1, 0.15) is 11.5 Å². The summed E-state index contributed by atoms with van der Waals surface area (Å²) in [5.41, 5.74) is 1.61. The zero-order valence-corrected chi connectivity index (χ0v) is 9.04. The van der Waals surface area contributed by atoms with Crippen molar-refractivity contribution >= 4 is 11.6 Å². The molecule has 0 bridgehead atoms. The van der Waals surface area contributed by atoms with E-state index in [-0.39, 0.29) is 0 Å². The number of hydrogen-bond acceptors (Lipinski definition) is 4. The average molecular weight is 225 g/mol. The zero-order valence-electron chi connectivity index (χ0n) is 8.28. The number of nitrogens with one attached hydrogen (secondary N) is 1. The molecule has 0 aromatic carbocycles. The van der Waals surface area contributed by atoms with Crippen molar-refractivity contribution in [3.63, 3.8) is 0 Å². The lowest BCUT2D eigenvalue weighted by molar-refractivity contribution is 0.438. The molecule has 6 heteroatoms. The molecule has 78 valence electrons. The first-order valence-corrected chi connectivity index (χ1v) is 4.71. The molecular weight excluding hydrogens is 216 g/mol. The number of halogens is 1.